The van der Waals surface area contributed by atoms with Crippen molar-refractivity contribution in [3.8, 4) is 11.8 Å². The maximum Gasteiger partial charge on any atom is 0.252 e. The van der Waals surface area contributed by atoms with Gasteiger partial charge in [0.05, 0.1) is 12.7 Å². The van der Waals surface area contributed by atoms with Crippen molar-refractivity contribution in [3.63, 3.8) is 0 Å². The molecule has 2 rings (SSSR count). The van der Waals surface area contributed by atoms with E-state index in [0.29, 0.717) is 6.61 Å². The average molecular weight is 280 g/mol. The molecule has 0 bridgehead atoms. The Morgan fingerprint density at radius 3 is 2.52 bits per heavy atom. The third-order valence-electron chi connectivity index (χ3n) is 2.92. The zero-order chi connectivity index (χ0) is 15.1. The molecule has 0 aliphatic heterocycles. The van der Waals surface area contributed by atoms with Crippen LogP contribution in [0.3, 0.4) is 0 Å². The summed E-state index contributed by atoms with van der Waals surface area (Å²) in [5, 5.41) is 8.59. The molecule has 106 valence electrons. The van der Waals surface area contributed by atoms with Crippen molar-refractivity contribution < 1.29 is 4.74 Å². The van der Waals surface area contributed by atoms with E-state index < -0.39 is 0 Å². The number of ether oxygens (including phenoxy) is 1. The van der Waals surface area contributed by atoms with Gasteiger partial charge in [-0.2, -0.15) is 5.26 Å². The summed E-state index contributed by atoms with van der Waals surface area (Å²) in [5.41, 5.74) is 1.66. The Labute approximate surface area is 123 Å². The lowest BCUT2D eigenvalue weighted by molar-refractivity contribution is 0.340. The summed E-state index contributed by atoms with van der Waals surface area (Å²) in [5.74, 6) is 0.841. The first-order valence-corrected chi connectivity index (χ1v) is 6.71. The van der Waals surface area contributed by atoms with Crippen molar-refractivity contribution in [1.82, 2.24) is 4.57 Å². The Morgan fingerprint density at radius 2 is 1.90 bits per heavy atom. The minimum atomic E-state index is -0.176. The van der Waals surface area contributed by atoms with Crippen molar-refractivity contribution in [2.24, 2.45) is 0 Å². The maximum atomic E-state index is 11.7. The van der Waals surface area contributed by atoms with E-state index in [2.05, 4.69) is 0 Å². The van der Waals surface area contributed by atoms with E-state index in [1.807, 2.05) is 55.5 Å². The SMILES string of the molecule is CCOc1ccc(/C=C/c2ccn(CC#N)c(=O)c2)cc1. The molecule has 4 heteroatoms. The lowest BCUT2D eigenvalue weighted by atomic mass is 10.1. The molecule has 0 spiro atoms. The maximum absolute atomic E-state index is 11.7. The first-order valence-electron chi connectivity index (χ1n) is 6.71. The lowest BCUT2D eigenvalue weighted by Gasteiger charge is -2.02. The second-order valence-corrected chi connectivity index (χ2v) is 4.42. The minimum Gasteiger partial charge on any atom is -0.494 e. The summed E-state index contributed by atoms with van der Waals surface area (Å²) < 4.78 is 6.75. The Morgan fingerprint density at radius 1 is 1.19 bits per heavy atom. The van der Waals surface area contributed by atoms with E-state index in [-0.39, 0.29) is 12.1 Å². The summed E-state index contributed by atoms with van der Waals surface area (Å²) in [7, 11) is 0. The second-order valence-electron chi connectivity index (χ2n) is 4.42. The topological polar surface area (TPSA) is 55.0 Å². The number of hydrogen-bond acceptors (Lipinski definition) is 3. The minimum absolute atomic E-state index is 0.0711. The third kappa shape index (κ3) is 4.08. The van der Waals surface area contributed by atoms with Gasteiger partial charge < -0.3 is 9.30 Å². The van der Waals surface area contributed by atoms with Crippen molar-refractivity contribution in [1.29, 1.82) is 5.26 Å². The Kier molecular flexibility index (Phi) is 4.94. The Hall–Kier alpha value is -2.80. The molecule has 0 amide bonds. The molecule has 1 aromatic heterocycles. The van der Waals surface area contributed by atoms with Crippen LogP contribution in [0, 0.1) is 11.3 Å². The summed E-state index contributed by atoms with van der Waals surface area (Å²) in [6, 6.07) is 13.0. The fraction of sp³-hybridized carbons (Fsp3) is 0.176. The Balaban J connectivity index is 2.12. The van der Waals surface area contributed by atoms with E-state index in [9.17, 15) is 4.79 Å². The average Bonchev–Trinajstić information content (AvgIpc) is 2.49. The number of hydrogen-bond donors (Lipinski definition) is 0. The molecule has 1 aromatic carbocycles. The molecule has 0 fully saturated rings. The summed E-state index contributed by atoms with van der Waals surface area (Å²) in [6.07, 6.45) is 5.43. The number of rotatable bonds is 5. The number of benzene rings is 1. The highest BCUT2D eigenvalue weighted by Crippen LogP contribution is 2.14. The highest BCUT2D eigenvalue weighted by atomic mass is 16.5. The zero-order valence-electron chi connectivity index (χ0n) is 11.8. The number of aromatic nitrogens is 1. The molecular weight excluding hydrogens is 264 g/mol. The number of nitriles is 1. The normalized spacial score (nSPS) is 10.5. The molecule has 2 aromatic rings. The summed E-state index contributed by atoms with van der Waals surface area (Å²) in [6.45, 7) is 2.66. The van der Waals surface area contributed by atoms with E-state index in [0.717, 1.165) is 16.9 Å². The van der Waals surface area contributed by atoms with Crippen LogP contribution >= 0.6 is 0 Å². The van der Waals surface area contributed by atoms with Gasteiger partial charge in [0.25, 0.3) is 5.56 Å². The zero-order valence-corrected chi connectivity index (χ0v) is 11.8. The molecule has 4 nitrogen and oxygen atoms in total. The van der Waals surface area contributed by atoms with Crippen molar-refractivity contribution >= 4 is 12.2 Å². The fourth-order valence-corrected chi connectivity index (χ4v) is 1.87. The molecule has 0 radical (unpaired) electrons. The first-order chi connectivity index (χ1) is 10.2. The highest BCUT2D eigenvalue weighted by molar-refractivity contribution is 5.69. The molecule has 0 saturated carbocycles. The van der Waals surface area contributed by atoms with Gasteiger partial charge in [-0.25, -0.2) is 0 Å². The van der Waals surface area contributed by atoms with Gasteiger partial charge in [0.2, 0.25) is 0 Å². The lowest BCUT2D eigenvalue weighted by Crippen LogP contribution is -2.17. The molecule has 0 unspecified atom stereocenters. The number of pyridine rings is 1. The van der Waals surface area contributed by atoms with E-state index in [1.54, 1.807) is 6.20 Å². The van der Waals surface area contributed by atoms with Gasteiger partial charge in [-0.3, -0.25) is 4.79 Å². The van der Waals surface area contributed by atoms with Gasteiger partial charge in [-0.1, -0.05) is 24.3 Å². The van der Waals surface area contributed by atoms with Gasteiger partial charge in [0.15, 0.2) is 0 Å². The van der Waals surface area contributed by atoms with Crippen molar-refractivity contribution in [2.75, 3.05) is 6.61 Å². The summed E-state index contributed by atoms with van der Waals surface area (Å²) in [4.78, 5) is 11.7. The van der Waals surface area contributed by atoms with E-state index in [4.69, 9.17) is 10.00 Å². The monoisotopic (exact) mass is 280 g/mol. The molecule has 21 heavy (non-hydrogen) atoms. The second kappa shape index (κ2) is 7.11. The van der Waals surface area contributed by atoms with Gasteiger partial charge in [-0.05, 0) is 36.2 Å². The molecule has 0 aliphatic rings. The van der Waals surface area contributed by atoms with E-state index >= 15 is 0 Å². The van der Waals surface area contributed by atoms with Gasteiger partial charge in [0, 0.05) is 12.3 Å². The van der Waals surface area contributed by atoms with Crippen LogP contribution in [0.15, 0.2) is 47.4 Å². The van der Waals surface area contributed by atoms with E-state index in [1.165, 1.54) is 10.6 Å². The predicted octanol–water partition coefficient (Wildman–Crippen LogP) is 2.94. The molecule has 1 heterocycles. The highest BCUT2D eigenvalue weighted by Gasteiger charge is 1.96. The van der Waals surface area contributed by atoms with Gasteiger partial charge in [0.1, 0.15) is 12.3 Å². The van der Waals surface area contributed by atoms with Crippen LogP contribution in [0.1, 0.15) is 18.1 Å². The Bertz CT molecular complexity index is 722. The fourth-order valence-electron chi connectivity index (χ4n) is 1.87. The standard InChI is InChI=1S/C17H16N2O2/c1-2-21-16-7-5-14(6-8-16)3-4-15-9-11-19(12-10-18)17(20)13-15/h3-9,11,13H,2,12H2,1H3/b4-3+. The van der Waals surface area contributed by atoms with Crippen LogP contribution in [0.25, 0.3) is 12.2 Å². The number of nitrogens with zero attached hydrogens (tertiary/aromatic N) is 2. The smallest absolute Gasteiger partial charge is 0.252 e. The first kappa shape index (κ1) is 14.6. The van der Waals surface area contributed by atoms with Crippen LogP contribution in [0.5, 0.6) is 5.75 Å². The molecule has 0 aliphatic carbocycles. The van der Waals surface area contributed by atoms with Crippen LogP contribution in [-0.2, 0) is 6.54 Å². The molecule has 0 N–H and O–H groups in total. The van der Waals surface area contributed by atoms with Crippen LogP contribution in [-0.4, -0.2) is 11.2 Å². The van der Waals surface area contributed by atoms with Crippen molar-refractivity contribution in [3.05, 3.63) is 64.1 Å². The third-order valence-corrected chi connectivity index (χ3v) is 2.92. The quantitative estimate of drug-likeness (QED) is 0.846. The van der Waals surface area contributed by atoms with Gasteiger partial charge in [-0.15, -0.1) is 0 Å². The predicted molar refractivity (Wildman–Crippen MR) is 82.9 cm³/mol. The van der Waals surface area contributed by atoms with Crippen molar-refractivity contribution in [2.45, 2.75) is 13.5 Å². The van der Waals surface area contributed by atoms with Gasteiger partial charge >= 0.3 is 0 Å². The van der Waals surface area contributed by atoms with Crippen LogP contribution in [0.2, 0.25) is 0 Å². The van der Waals surface area contributed by atoms with Crippen LogP contribution < -0.4 is 10.3 Å². The molecule has 0 atom stereocenters. The largest absolute Gasteiger partial charge is 0.494 e. The molecular formula is C17H16N2O2. The molecule has 0 saturated heterocycles. The van der Waals surface area contributed by atoms with Crippen LogP contribution in [0.4, 0.5) is 0 Å². The summed E-state index contributed by atoms with van der Waals surface area (Å²) >= 11 is 0.